The van der Waals surface area contributed by atoms with Crippen LogP contribution in [-0.4, -0.2) is 25.4 Å². The number of aryl methyl sites for hydroxylation is 2. The minimum Gasteiger partial charge on any atom is -0.497 e. The van der Waals surface area contributed by atoms with Gasteiger partial charge in [-0.2, -0.15) is 0 Å². The molecule has 1 fully saturated rings. The molecule has 0 amide bonds. The Bertz CT molecular complexity index is 535. The zero-order chi connectivity index (χ0) is 15.3. The van der Waals surface area contributed by atoms with Gasteiger partial charge in [-0.05, 0) is 70.6 Å². The van der Waals surface area contributed by atoms with Gasteiger partial charge in [0.2, 0.25) is 0 Å². The van der Waals surface area contributed by atoms with E-state index in [1.54, 1.807) is 7.11 Å². The van der Waals surface area contributed by atoms with E-state index in [0.717, 1.165) is 24.1 Å². The second kappa shape index (κ2) is 5.03. The van der Waals surface area contributed by atoms with Gasteiger partial charge in [0, 0.05) is 5.46 Å². The minimum atomic E-state index is -0.350. The van der Waals surface area contributed by atoms with E-state index in [4.69, 9.17) is 14.0 Å². The van der Waals surface area contributed by atoms with Crippen LogP contribution in [0.3, 0.4) is 0 Å². The van der Waals surface area contributed by atoms with E-state index in [2.05, 4.69) is 39.8 Å². The predicted molar refractivity (Wildman–Crippen MR) is 85.4 cm³/mol. The first-order valence-electron chi connectivity index (χ1n) is 7.89. The molecule has 21 heavy (non-hydrogen) atoms. The molecular weight excluding hydrogens is 263 g/mol. The van der Waals surface area contributed by atoms with Gasteiger partial charge < -0.3 is 14.0 Å². The molecule has 3 nitrogen and oxygen atoms in total. The van der Waals surface area contributed by atoms with Crippen LogP contribution >= 0.6 is 0 Å². The van der Waals surface area contributed by atoms with Crippen molar-refractivity contribution in [1.82, 2.24) is 0 Å². The molecule has 0 N–H and O–H groups in total. The maximum Gasteiger partial charge on any atom is 0.498 e. The van der Waals surface area contributed by atoms with Crippen LogP contribution in [0.2, 0.25) is 0 Å². The van der Waals surface area contributed by atoms with Crippen LogP contribution in [0.1, 0.15) is 51.7 Å². The molecule has 1 aliphatic carbocycles. The van der Waals surface area contributed by atoms with E-state index >= 15 is 0 Å². The van der Waals surface area contributed by atoms with Gasteiger partial charge in [0.05, 0.1) is 18.3 Å². The second-order valence-electron chi connectivity index (χ2n) is 7.16. The largest absolute Gasteiger partial charge is 0.498 e. The molecule has 2 aliphatic rings. The SMILES string of the molecule is COc1cc2c(cc1B1OC(C)(C)C(C)(C)O1)CCCC2. The second-order valence-corrected chi connectivity index (χ2v) is 7.16. The van der Waals surface area contributed by atoms with Crippen LogP contribution < -0.4 is 10.2 Å². The molecule has 3 rings (SSSR count). The lowest BCUT2D eigenvalue weighted by molar-refractivity contribution is 0.00578. The van der Waals surface area contributed by atoms with Crippen molar-refractivity contribution < 1.29 is 14.0 Å². The van der Waals surface area contributed by atoms with E-state index < -0.39 is 0 Å². The van der Waals surface area contributed by atoms with Gasteiger partial charge in [0.1, 0.15) is 5.75 Å². The van der Waals surface area contributed by atoms with Crippen molar-refractivity contribution in [2.45, 2.75) is 64.6 Å². The molecule has 0 spiro atoms. The Morgan fingerprint density at radius 2 is 1.48 bits per heavy atom. The summed E-state index contributed by atoms with van der Waals surface area (Å²) in [6.07, 6.45) is 4.83. The third-order valence-corrected chi connectivity index (χ3v) is 5.20. The summed E-state index contributed by atoms with van der Waals surface area (Å²) in [5, 5.41) is 0. The van der Waals surface area contributed by atoms with E-state index in [0.29, 0.717) is 0 Å². The van der Waals surface area contributed by atoms with E-state index in [-0.39, 0.29) is 18.3 Å². The average molecular weight is 288 g/mol. The summed E-state index contributed by atoms with van der Waals surface area (Å²) in [5.41, 5.74) is 3.22. The molecule has 0 aromatic heterocycles. The molecule has 0 radical (unpaired) electrons. The maximum absolute atomic E-state index is 6.18. The monoisotopic (exact) mass is 288 g/mol. The smallest absolute Gasteiger partial charge is 0.497 e. The Balaban J connectivity index is 1.99. The van der Waals surface area contributed by atoms with Gasteiger partial charge in [-0.3, -0.25) is 0 Å². The lowest BCUT2D eigenvalue weighted by atomic mass is 9.75. The molecule has 1 aromatic rings. The average Bonchev–Trinajstić information content (AvgIpc) is 2.66. The summed E-state index contributed by atoms with van der Waals surface area (Å²) in [7, 11) is 1.37. The van der Waals surface area contributed by atoms with Crippen molar-refractivity contribution in [1.29, 1.82) is 0 Å². The van der Waals surface area contributed by atoms with Gasteiger partial charge in [-0.15, -0.1) is 0 Å². The quantitative estimate of drug-likeness (QED) is 0.783. The van der Waals surface area contributed by atoms with E-state index in [1.165, 1.54) is 24.0 Å². The normalized spacial score (nSPS) is 23.0. The molecule has 0 unspecified atom stereocenters. The highest BCUT2D eigenvalue weighted by molar-refractivity contribution is 6.63. The number of methoxy groups -OCH3 is 1. The summed E-state index contributed by atoms with van der Waals surface area (Å²) in [6.45, 7) is 8.32. The molecule has 1 saturated heterocycles. The van der Waals surface area contributed by atoms with Crippen LogP contribution in [0.25, 0.3) is 0 Å². The van der Waals surface area contributed by atoms with E-state index in [9.17, 15) is 0 Å². The lowest BCUT2D eigenvalue weighted by Crippen LogP contribution is -2.41. The highest BCUT2D eigenvalue weighted by atomic mass is 16.7. The number of benzene rings is 1. The third-order valence-electron chi connectivity index (χ3n) is 5.20. The van der Waals surface area contributed by atoms with Crippen molar-refractivity contribution in [2.75, 3.05) is 7.11 Å². The first kappa shape index (κ1) is 14.9. The van der Waals surface area contributed by atoms with E-state index in [1.807, 2.05) is 0 Å². The summed E-state index contributed by atoms with van der Waals surface area (Å²) in [4.78, 5) is 0. The van der Waals surface area contributed by atoms with Crippen molar-refractivity contribution in [3.05, 3.63) is 23.3 Å². The summed E-state index contributed by atoms with van der Waals surface area (Å²) in [5.74, 6) is 0.883. The molecule has 0 atom stereocenters. The Labute approximate surface area is 128 Å². The first-order chi connectivity index (χ1) is 9.84. The fraction of sp³-hybridized carbons (Fsp3) is 0.647. The maximum atomic E-state index is 6.18. The lowest BCUT2D eigenvalue weighted by Gasteiger charge is -2.32. The number of rotatable bonds is 2. The van der Waals surface area contributed by atoms with Crippen LogP contribution in [0.15, 0.2) is 12.1 Å². The van der Waals surface area contributed by atoms with Gasteiger partial charge >= 0.3 is 7.12 Å². The predicted octanol–water partition coefficient (Wildman–Crippen LogP) is 2.87. The molecule has 4 heteroatoms. The number of hydrogen-bond acceptors (Lipinski definition) is 3. The van der Waals surface area contributed by atoms with Crippen molar-refractivity contribution in [2.24, 2.45) is 0 Å². The van der Waals surface area contributed by atoms with Gasteiger partial charge in [-0.25, -0.2) is 0 Å². The Hall–Kier alpha value is -0.995. The first-order valence-corrected chi connectivity index (χ1v) is 7.89. The number of ether oxygens (including phenoxy) is 1. The zero-order valence-electron chi connectivity index (χ0n) is 13.8. The topological polar surface area (TPSA) is 27.7 Å². The molecule has 114 valence electrons. The molecule has 0 saturated carbocycles. The number of fused-ring (bicyclic) bond motifs is 1. The standard InChI is InChI=1S/C17H25BO3/c1-16(2)17(3,4)21-18(20-16)14-10-12-8-6-7-9-13(12)11-15(14)19-5/h10-11H,6-9H2,1-5H3. The van der Waals surface area contributed by atoms with Crippen LogP contribution in [0, 0.1) is 0 Å². The summed E-state index contributed by atoms with van der Waals surface area (Å²) < 4.78 is 18.0. The summed E-state index contributed by atoms with van der Waals surface area (Å²) in [6, 6.07) is 4.41. The van der Waals surface area contributed by atoms with Gasteiger partial charge in [-0.1, -0.05) is 6.07 Å². The van der Waals surface area contributed by atoms with Gasteiger partial charge in [0.15, 0.2) is 0 Å². The minimum absolute atomic E-state index is 0.321. The molecule has 1 aromatic carbocycles. The Morgan fingerprint density at radius 3 is 2.00 bits per heavy atom. The Kier molecular flexibility index (Phi) is 3.57. The number of hydrogen-bond donors (Lipinski definition) is 0. The van der Waals surface area contributed by atoms with Gasteiger partial charge in [0.25, 0.3) is 0 Å². The van der Waals surface area contributed by atoms with Crippen molar-refractivity contribution >= 4 is 12.6 Å². The van der Waals surface area contributed by atoms with Crippen LogP contribution in [-0.2, 0) is 22.2 Å². The highest BCUT2D eigenvalue weighted by Gasteiger charge is 2.52. The summed E-state index contributed by atoms with van der Waals surface area (Å²) >= 11 is 0. The van der Waals surface area contributed by atoms with Crippen LogP contribution in [0.5, 0.6) is 5.75 Å². The molecular formula is C17H25BO3. The molecule has 1 aliphatic heterocycles. The highest BCUT2D eigenvalue weighted by Crippen LogP contribution is 2.37. The van der Waals surface area contributed by atoms with Crippen LogP contribution in [0.4, 0.5) is 0 Å². The Morgan fingerprint density at radius 1 is 0.952 bits per heavy atom. The van der Waals surface area contributed by atoms with Crippen molar-refractivity contribution in [3.8, 4) is 5.75 Å². The zero-order valence-corrected chi connectivity index (χ0v) is 13.8. The third kappa shape index (κ3) is 2.49. The molecule has 1 heterocycles. The fourth-order valence-electron chi connectivity index (χ4n) is 3.11. The molecule has 0 bridgehead atoms. The fourth-order valence-corrected chi connectivity index (χ4v) is 3.11. The van der Waals surface area contributed by atoms with Crippen molar-refractivity contribution in [3.63, 3.8) is 0 Å².